The smallest absolute Gasteiger partial charge is 0.303 e. The summed E-state index contributed by atoms with van der Waals surface area (Å²) in [6.07, 6.45) is 2.18. The Hall–Kier alpha value is -2.17. The topological polar surface area (TPSA) is 76.2 Å². The van der Waals surface area contributed by atoms with Gasteiger partial charge in [0.1, 0.15) is 0 Å². The summed E-state index contributed by atoms with van der Waals surface area (Å²) in [7, 11) is 0. The molecule has 1 aromatic carbocycles. The molecule has 0 aliphatic rings. The zero-order chi connectivity index (χ0) is 15.2. The van der Waals surface area contributed by atoms with Crippen LogP contribution in [0.1, 0.15) is 36.3 Å². The quantitative estimate of drug-likeness (QED) is 0.847. The van der Waals surface area contributed by atoms with E-state index in [1.807, 2.05) is 19.1 Å². The van der Waals surface area contributed by atoms with Crippen molar-refractivity contribution in [2.75, 3.05) is 0 Å². The highest BCUT2D eigenvalue weighted by atomic mass is 16.4. The Morgan fingerprint density at radius 3 is 2.67 bits per heavy atom. The van der Waals surface area contributed by atoms with E-state index in [0.29, 0.717) is 24.6 Å². The molecule has 0 bridgehead atoms. The van der Waals surface area contributed by atoms with Crippen molar-refractivity contribution in [2.24, 2.45) is 5.92 Å². The van der Waals surface area contributed by atoms with Gasteiger partial charge in [0.25, 0.3) is 0 Å². The highest BCUT2D eigenvalue weighted by Gasteiger charge is 2.13. The number of aromatic nitrogens is 2. The van der Waals surface area contributed by atoms with Crippen LogP contribution in [-0.2, 0) is 24.1 Å². The fourth-order valence-electron chi connectivity index (χ4n) is 2.27. The summed E-state index contributed by atoms with van der Waals surface area (Å²) in [5.74, 6) is 0.313. The highest BCUT2D eigenvalue weighted by Crippen LogP contribution is 2.14. The molecule has 1 unspecified atom stereocenters. The van der Waals surface area contributed by atoms with Gasteiger partial charge in [0.2, 0.25) is 11.8 Å². The van der Waals surface area contributed by atoms with Crippen LogP contribution < -0.4 is 0 Å². The van der Waals surface area contributed by atoms with Gasteiger partial charge in [-0.2, -0.15) is 0 Å². The van der Waals surface area contributed by atoms with E-state index in [9.17, 15) is 4.79 Å². The van der Waals surface area contributed by atoms with E-state index in [1.165, 1.54) is 11.1 Å². The Bertz CT molecular complexity index is 607. The maximum absolute atomic E-state index is 10.6. The molecule has 0 aliphatic heterocycles. The standard InChI is InChI=1S/C16H20N2O3/c1-11(10-16(19)20)9-15-18-17-14(21-15)8-7-13-6-4-3-5-12(13)2/h3-6,11H,7-10H2,1-2H3,(H,19,20). The van der Waals surface area contributed by atoms with Crippen molar-refractivity contribution in [2.45, 2.75) is 39.5 Å². The van der Waals surface area contributed by atoms with Crippen molar-refractivity contribution >= 4 is 5.97 Å². The van der Waals surface area contributed by atoms with Crippen molar-refractivity contribution in [3.8, 4) is 0 Å². The van der Waals surface area contributed by atoms with Gasteiger partial charge in [-0.15, -0.1) is 10.2 Å². The highest BCUT2D eigenvalue weighted by molar-refractivity contribution is 5.66. The van der Waals surface area contributed by atoms with E-state index in [4.69, 9.17) is 9.52 Å². The molecule has 0 saturated heterocycles. The number of benzene rings is 1. The van der Waals surface area contributed by atoms with Gasteiger partial charge in [0.05, 0.1) is 0 Å². The molecule has 0 radical (unpaired) electrons. The summed E-state index contributed by atoms with van der Waals surface area (Å²) in [5, 5.41) is 16.8. The zero-order valence-corrected chi connectivity index (χ0v) is 12.4. The van der Waals surface area contributed by atoms with E-state index in [0.717, 1.165) is 6.42 Å². The molecule has 0 spiro atoms. The van der Waals surface area contributed by atoms with Crippen LogP contribution in [0.5, 0.6) is 0 Å². The molecule has 1 atom stereocenters. The first-order valence-corrected chi connectivity index (χ1v) is 7.12. The molecule has 0 aliphatic carbocycles. The Kier molecular flexibility index (Phi) is 5.09. The number of hydrogen-bond acceptors (Lipinski definition) is 4. The fourth-order valence-corrected chi connectivity index (χ4v) is 2.27. The Labute approximate surface area is 124 Å². The molecule has 1 heterocycles. The average molecular weight is 288 g/mol. The third kappa shape index (κ3) is 4.70. The lowest BCUT2D eigenvalue weighted by atomic mass is 10.0. The van der Waals surface area contributed by atoms with Gasteiger partial charge in [-0.05, 0) is 30.4 Å². The normalized spacial score (nSPS) is 12.3. The molecule has 0 amide bonds. The first-order chi connectivity index (χ1) is 10.0. The number of rotatable bonds is 7. The number of carboxylic acids is 1. The van der Waals surface area contributed by atoms with Gasteiger partial charge in [0.15, 0.2) is 0 Å². The molecule has 2 rings (SSSR count). The summed E-state index contributed by atoms with van der Waals surface area (Å²) in [5.41, 5.74) is 2.53. The molecule has 5 nitrogen and oxygen atoms in total. The molecule has 112 valence electrons. The number of aliphatic carboxylic acids is 1. The van der Waals surface area contributed by atoms with Crippen LogP contribution in [0, 0.1) is 12.8 Å². The lowest BCUT2D eigenvalue weighted by Gasteiger charge is -2.04. The molecule has 1 N–H and O–H groups in total. The predicted molar refractivity (Wildman–Crippen MR) is 78.0 cm³/mol. The SMILES string of the molecule is Cc1ccccc1CCc1nnc(CC(C)CC(=O)O)o1. The molecule has 1 aromatic heterocycles. The summed E-state index contributed by atoms with van der Waals surface area (Å²) < 4.78 is 5.58. The van der Waals surface area contributed by atoms with E-state index in [2.05, 4.69) is 29.3 Å². The number of hydrogen-bond donors (Lipinski definition) is 1. The molecular weight excluding hydrogens is 268 g/mol. The van der Waals surface area contributed by atoms with Gasteiger partial charge >= 0.3 is 5.97 Å². The van der Waals surface area contributed by atoms with E-state index < -0.39 is 5.97 Å². The van der Waals surface area contributed by atoms with Crippen LogP contribution in [0.2, 0.25) is 0 Å². The van der Waals surface area contributed by atoms with Crippen molar-refractivity contribution in [1.82, 2.24) is 10.2 Å². The second kappa shape index (κ2) is 7.02. The van der Waals surface area contributed by atoms with Gasteiger partial charge in [-0.3, -0.25) is 4.79 Å². The van der Waals surface area contributed by atoms with Crippen LogP contribution in [0.25, 0.3) is 0 Å². The maximum atomic E-state index is 10.6. The molecule has 0 fully saturated rings. The zero-order valence-electron chi connectivity index (χ0n) is 12.4. The molecular formula is C16H20N2O3. The van der Waals surface area contributed by atoms with Gasteiger partial charge in [0, 0.05) is 19.3 Å². The van der Waals surface area contributed by atoms with Crippen LogP contribution in [0.3, 0.4) is 0 Å². The predicted octanol–water partition coefficient (Wildman–Crippen LogP) is 2.82. The number of aryl methyl sites for hydroxylation is 3. The van der Waals surface area contributed by atoms with Gasteiger partial charge in [-0.25, -0.2) is 0 Å². The molecule has 2 aromatic rings. The van der Waals surface area contributed by atoms with Gasteiger partial charge < -0.3 is 9.52 Å². The third-order valence-corrected chi connectivity index (χ3v) is 3.42. The van der Waals surface area contributed by atoms with E-state index >= 15 is 0 Å². The van der Waals surface area contributed by atoms with Crippen molar-refractivity contribution in [3.63, 3.8) is 0 Å². The monoisotopic (exact) mass is 288 g/mol. The third-order valence-electron chi connectivity index (χ3n) is 3.42. The molecule has 21 heavy (non-hydrogen) atoms. The second-order valence-electron chi connectivity index (χ2n) is 5.42. The lowest BCUT2D eigenvalue weighted by molar-refractivity contribution is -0.137. The van der Waals surface area contributed by atoms with E-state index in [-0.39, 0.29) is 12.3 Å². The van der Waals surface area contributed by atoms with Crippen molar-refractivity contribution in [1.29, 1.82) is 0 Å². The van der Waals surface area contributed by atoms with Crippen molar-refractivity contribution in [3.05, 3.63) is 47.2 Å². The Morgan fingerprint density at radius 1 is 1.24 bits per heavy atom. The summed E-state index contributed by atoms with van der Waals surface area (Å²) >= 11 is 0. The fraction of sp³-hybridized carbons (Fsp3) is 0.438. The minimum Gasteiger partial charge on any atom is -0.481 e. The number of carboxylic acid groups (broad SMARTS) is 1. The summed E-state index contributed by atoms with van der Waals surface area (Å²) in [4.78, 5) is 10.6. The second-order valence-corrected chi connectivity index (χ2v) is 5.42. The maximum Gasteiger partial charge on any atom is 0.303 e. The molecule has 5 heteroatoms. The van der Waals surface area contributed by atoms with Crippen LogP contribution in [0.15, 0.2) is 28.7 Å². The van der Waals surface area contributed by atoms with E-state index in [1.54, 1.807) is 0 Å². The molecule has 0 saturated carbocycles. The lowest BCUT2D eigenvalue weighted by Crippen LogP contribution is -2.07. The number of nitrogens with zero attached hydrogens (tertiary/aromatic N) is 2. The van der Waals surface area contributed by atoms with Gasteiger partial charge in [-0.1, -0.05) is 31.2 Å². The van der Waals surface area contributed by atoms with Crippen LogP contribution in [0.4, 0.5) is 0 Å². The first kappa shape index (κ1) is 15.2. The Morgan fingerprint density at radius 2 is 1.95 bits per heavy atom. The van der Waals surface area contributed by atoms with Crippen LogP contribution >= 0.6 is 0 Å². The summed E-state index contributed by atoms with van der Waals surface area (Å²) in [6, 6.07) is 8.23. The minimum absolute atomic E-state index is 0.00725. The minimum atomic E-state index is -0.804. The Balaban J connectivity index is 1.88. The number of carbonyl (C=O) groups is 1. The average Bonchev–Trinajstić information content (AvgIpc) is 2.84. The largest absolute Gasteiger partial charge is 0.481 e. The summed E-state index contributed by atoms with van der Waals surface area (Å²) in [6.45, 7) is 3.95. The first-order valence-electron chi connectivity index (χ1n) is 7.12. The van der Waals surface area contributed by atoms with Crippen molar-refractivity contribution < 1.29 is 14.3 Å². The van der Waals surface area contributed by atoms with Crippen LogP contribution in [-0.4, -0.2) is 21.3 Å².